The quantitative estimate of drug-likeness (QED) is 0.517. The van der Waals surface area contributed by atoms with Crippen molar-refractivity contribution in [3.63, 3.8) is 0 Å². The van der Waals surface area contributed by atoms with Gasteiger partial charge in [0.25, 0.3) is 5.91 Å². The van der Waals surface area contributed by atoms with E-state index < -0.39 is 0 Å². The van der Waals surface area contributed by atoms with Crippen molar-refractivity contribution >= 4 is 40.5 Å². The molecule has 2 rings (SSSR count). The Morgan fingerprint density at radius 3 is 2.72 bits per heavy atom. The maximum Gasteiger partial charge on any atom is 0.307 e. The molecule has 0 bridgehead atoms. The summed E-state index contributed by atoms with van der Waals surface area (Å²) in [5.74, 6) is -0.669. The third-order valence-corrected chi connectivity index (χ3v) is 5.14. The molecule has 2 amide bonds. The first-order valence-electron chi connectivity index (χ1n) is 7.80. The number of hydrogen-bond acceptors (Lipinski definition) is 6. The molecule has 0 aromatic carbocycles. The summed E-state index contributed by atoms with van der Waals surface area (Å²) in [5.41, 5.74) is 0.630. The molecule has 2 N–H and O–H groups in total. The predicted molar refractivity (Wildman–Crippen MR) is 97.7 cm³/mol. The van der Waals surface area contributed by atoms with Crippen molar-refractivity contribution < 1.29 is 19.1 Å². The number of thiophene rings is 2. The molecule has 0 fully saturated rings. The van der Waals surface area contributed by atoms with Gasteiger partial charge in [0, 0.05) is 28.8 Å². The van der Waals surface area contributed by atoms with Crippen molar-refractivity contribution in [1.29, 1.82) is 0 Å². The molecule has 6 nitrogen and oxygen atoms in total. The number of hydrogen-bond donors (Lipinski definition) is 2. The maximum atomic E-state index is 12.1. The molecule has 0 saturated carbocycles. The zero-order valence-electron chi connectivity index (χ0n) is 13.8. The van der Waals surface area contributed by atoms with Gasteiger partial charge in [0.2, 0.25) is 5.91 Å². The second-order valence-electron chi connectivity index (χ2n) is 5.29. The van der Waals surface area contributed by atoms with Crippen molar-refractivity contribution in [3.8, 4) is 0 Å². The number of ether oxygens (including phenoxy) is 1. The normalized spacial score (nSPS) is 11.6. The number of carbonyl (C=O) groups is 3. The average molecular weight is 380 g/mol. The molecule has 2 aromatic heterocycles. The zero-order valence-corrected chi connectivity index (χ0v) is 15.5. The Morgan fingerprint density at radius 2 is 2.08 bits per heavy atom. The monoisotopic (exact) mass is 380 g/mol. The van der Waals surface area contributed by atoms with Gasteiger partial charge >= 0.3 is 5.97 Å². The summed E-state index contributed by atoms with van der Waals surface area (Å²) in [4.78, 5) is 36.3. The van der Waals surface area contributed by atoms with Gasteiger partial charge in [-0.3, -0.25) is 14.4 Å². The van der Waals surface area contributed by atoms with Gasteiger partial charge in [0.05, 0.1) is 19.6 Å². The number of carbonyl (C=O) groups excluding carboxylic acids is 3. The minimum absolute atomic E-state index is 0.0949. The SMILES string of the molecule is COC(=O)CC(NC(=O)CCCNC(=O)c1ccsc1)c1cccs1. The van der Waals surface area contributed by atoms with E-state index in [2.05, 4.69) is 15.4 Å². The summed E-state index contributed by atoms with van der Waals surface area (Å²) in [7, 11) is 1.33. The van der Waals surface area contributed by atoms with Gasteiger partial charge in [-0.25, -0.2) is 0 Å². The van der Waals surface area contributed by atoms with E-state index in [0.717, 1.165) is 4.88 Å². The third kappa shape index (κ3) is 6.32. The van der Waals surface area contributed by atoms with E-state index in [-0.39, 0.29) is 36.7 Å². The molecule has 0 aliphatic carbocycles. The lowest BCUT2D eigenvalue weighted by Gasteiger charge is -2.16. The molecule has 0 saturated heterocycles. The number of amides is 2. The highest BCUT2D eigenvalue weighted by atomic mass is 32.1. The lowest BCUT2D eigenvalue weighted by molar-refractivity contribution is -0.141. The van der Waals surface area contributed by atoms with Gasteiger partial charge < -0.3 is 15.4 Å². The Kier molecular flexibility index (Phi) is 7.62. The Balaban J connectivity index is 1.75. The number of methoxy groups -OCH3 is 1. The second kappa shape index (κ2) is 9.95. The highest BCUT2D eigenvalue weighted by Crippen LogP contribution is 2.22. The van der Waals surface area contributed by atoms with Gasteiger partial charge in [-0.15, -0.1) is 11.3 Å². The topological polar surface area (TPSA) is 84.5 Å². The Hall–Kier alpha value is -2.19. The van der Waals surface area contributed by atoms with E-state index in [9.17, 15) is 14.4 Å². The Bertz CT molecular complexity index is 684. The lowest BCUT2D eigenvalue weighted by atomic mass is 10.1. The highest BCUT2D eigenvalue weighted by Gasteiger charge is 2.19. The summed E-state index contributed by atoms with van der Waals surface area (Å²) in [5, 5.41) is 11.2. The second-order valence-corrected chi connectivity index (χ2v) is 7.05. The van der Waals surface area contributed by atoms with E-state index >= 15 is 0 Å². The Morgan fingerprint density at radius 1 is 1.24 bits per heavy atom. The van der Waals surface area contributed by atoms with Crippen LogP contribution < -0.4 is 10.6 Å². The van der Waals surface area contributed by atoms with Crippen LogP contribution in [0.3, 0.4) is 0 Å². The molecule has 0 spiro atoms. The Labute approximate surface area is 154 Å². The maximum absolute atomic E-state index is 12.1. The fourth-order valence-corrected chi connectivity index (χ4v) is 3.59. The van der Waals surface area contributed by atoms with Crippen LogP contribution in [-0.2, 0) is 14.3 Å². The van der Waals surface area contributed by atoms with Crippen LogP contribution in [0.15, 0.2) is 34.3 Å². The molecule has 0 aliphatic rings. The fourth-order valence-electron chi connectivity index (χ4n) is 2.18. The molecule has 0 radical (unpaired) electrons. The molecule has 1 atom stereocenters. The standard InChI is InChI=1S/C17H20N2O4S2/c1-23-16(21)10-13(14-4-3-8-25-14)19-15(20)5-2-7-18-17(22)12-6-9-24-11-12/h3-4,6,8-9,11,13H,2,5,7,10H2,1H3,(H,18,22)(H,19,20). The lowest BCUT2D eigenvalue weighted by Crippen LogP contribution is -2.31. The van der Waals surface area contributed by atoms with Crippen LogP contribution in [0.25, 0.3) is 0 Å². The van der Waals surface area contributed by atoms with Crippen molar-refractivity contribution in [1.82, 2.24) is 10.6 Å². The van der Waals surface area contributed by atoms with Crippen LogP contribution in [0.1, 0.15) is 40.5 Å². The van der Waals surface area contributed by atoms with E-state index in [4.69, 9.17) is 0 Å². The van der Waals surface area contributed by atoms with Crippen LogP contribution in [0.2, 0.25) is 0 Å². The molecule has 0 aliphatic heterocycles. The molecule has 2 aromatic rings. The summed E-state index contributed by atoms with van der Waals surface area (Å²) in [6.07, 6.45) is 0.891. The van der Waals surface area contributed by atoms with Crippen LogP contribution in [0, 0.1) is 0 Å². The van der Waals surface area contributed by atoms with Gasteiger partial charge in [0.1, 0.15) is 0 Å². The molecule has 2 heterocycles. The minimum atomic E-state index is -0.389. The molecular formula is C17H20N2O4S2. The first kappa shape index (κ1) is 19.1. The highest BCUT2D eigenvalue weighted by molar-refractivity contribution is 7.10. The number of nitrogens with one attached hydrogen (secondary N) is 2. The van der Waals surface area contributed by atoms with Crippen molar-refractivity contribution in [2.75, 3.05) is 13.7 Å². The van der Waals surface area contributed by atoms with E-state index in [1.165, 1.54) is 29.8 Å². The van der Waals surface area contributed by atoms with Crippen LogP contribution in [0.4, 0.5) is 0 Å². The van der Waals surface area contributed by atoms with E-state index in [1.54, 1.807) is 11.4 Å². The van der Waals surface area contributed by atoms with Gasteiger partial charge in [-0.1, -0.05) is 6.07 Å². The summed E-state index contributed by atoms with van der Waals surface area (Å²) >= 11 is 2.94. The zero-order chi connectivity index (χ0) is 18.1. The molecule has 8 heteroatoms. The average Bonchev–Trinajstić information content (AvgIpc) is 3.31. The largest absolute Gasteiger partial charge is 0.469 e. The van der Waals surface area contributed by atoms with Gasteiger partial charge in [0.15, 0.2) is 0 Å². The summed E-state index contributed by atoms with van der Waals surface area (Å²) in [6, 6.07) is 5.11. The van der Waals surface area contributed by atoms with Crippen molar-refractivity contribution in [2.24, 2.45) is 0 Å². The molecular weight excluding hydrogens is 360 g/mol. The summed E-state index contributed by atoms with van der Waals surface area (Å²) in [6.45, 7) is 0.419. The fraction of sp³-hybridized carbons (Fsp3) is 0.353. The number of rotatable bonds is 9. The molecule has 25 heavy (non-hydrogen) atoms. The first-order valence-corrected chi connectivity index (χ1v) is 9.62. The van der Waals surface area contributed by atoms with Crippen LogP contribution in [-0.4, -0.2) is 31.4 Å². The molecule has 134 valence electrons. The van der Waals surface area contributed by atoms with E-state index in [0.29, 0.717) is 18.5 Å². The third-order valence-electron chi connectivity index (χ3n) is 3.47. The minimum Gasteiger partial charge on any atom is -0.469 e. The molecule has 1 unspecified atom stereocenters. The van der Waals surface area contributed by atoms with Gasteiger partial charge in [-0.05, 0) is 29.3 Å². The van der Waals surface area contributed by atoms with E-state index in [1.807, 2.05) is 22.9 Å². The van der Waals surface area contributed by atoms with Crippen LogP contribution >= 0.6 is 22.7 Å². The number of esters is 1. The smallest absolute Gasteiger partial charge is 0.307 e. The van der Waals surface area contributed by atoms with Crippen molar-refractivity contribution in [2.45, 2.75) is 25.3 Å². The summed E-state index contributed by atoms with van der Waals surface area (Å²) < 4.78 is 4.69. The van der Waals surface area contributed by atoms with Gasteiger partial charge in [-0.2, -0.15) is 11.3 Å². The predicted octanol–water partition coefficient (Wildman–Crippen LogP) is 2.74. The van der Waals surface area contributed by atoms with Crippen LogP contribution in [0.5, 0.6) is 0 Å². The van der Waals surface area contributed by atoms with Crippen molar-refractivity contribution in [3.05, 3.63) is 44.8 Å². The first-order chi connectivity index (χ1) is 12.1.